The Morgan fingerprint density at radius 2 is 1.53 bits per heavy atom. The largest absolute Gasteiger partial charge is 0.461 e. The van der Waals surface area contributed by atoms with Crippen molar-refractivity contribution >= 4 is 23.4 Å². The van der Waals surface area contributed by atoms with Gasteiger partial charge in [0, 0.05) is 19.4 Å². The minimum absolute atomic E-state index is 0.0117. The van der Waals surface area contributed by atoms with Crippen LogP contribution in [0.1, 0.15) is 83.5 Å². The van der Waals surface area contributed by atoms with Crippen LogP contribution in [0.25, 0.3) is 0 Å². The molecule has 0 spiro atoms. The van der Waals surface area contributed by atoms with Gasteiger partial charge in [0.15, 0.2) is 0 Å². The summed E-state index contributed by atoms with van der Waals surface area (Å²) in [4.78, 5) is 51.6. The predicted octanol–water partition coefficient (Wildman–Crippen LogP) is 3.80. The summed E-state index contributed by atoms with van der Waals surface area (Å²) in [5.41, 5.74) is 0.0696. The number of ketones is 2. The molecular weight excluding hydrogens is 410 g/mol. The number of allylic oxidation sites excluding steroid dienone is 2. The predicted molar refractivity (Wildman–Crippen MR) is 119 cm³/mol. The number of cyclic esters (lactones) is 1. The molecule has 2 fully saturated rings. The molecule has 0 aromatic heterocycles. The van der Waals surface area contributed by atoms with Gasteiger partial charge in [0.05, 0.1) is 12.7 Å². The van der Waals surface area contributed by atoms with Crippen molar-refractivity contribution in [2.75, 3.05) is 13.2 Å². The standard InChI is InChI=1S/C25H35NO6/c27-19-11-4-2-1-3-5-13-20-14-10-16-22(32-20)23(28)24(29)26-17-8-6-15-21(26)25(30)31-18-9-7-12-19/h6,8,15,20,22H,1-5,7,9-14,16-18H2/t20-,22+/m0/s1. The molecule has 0 radical (unpaired) electrons. The second kappa shape index (κ2) is 12.7. The molecule has 0 N–H and O–H groups in total. The van der Waals surface area contributed by atoms with Crippen LogP contribution in [0.2, 0.25) is 0 Å². The molecule has 7 heteroatoms. The molecule has 3 aliphatic heterocycles. The number of ether oxygens (including phenoxy) is 2. The number of hydrogen-bond acceptors (Lipinski definition) is 6. The Morgan fingerprint density at radius 1 is 0.812 bits per heavy atom. The molecule has 0 aromatic carbocycles. The van der Waals surface area contributed by atoms with Gasteiger partial charge in [0.25, 0.3) is 5.91 Å². The highest BCUT2D eigenvalue weighted by molar-refractivity contribution is 6.38. The molecule has 0 aliphatic carbocycles. The SMILES string of the molecule is O=C1CCCCCCC[C@H]2CCC[C@@H](O2)C(=O)C(=O)N2CC=CC=C2C(=O)OCCCC1. The fourth-order valence-electron chi connectivity index (χ4n) is 4.47. The average molecular weight is 446 g/mol. The quantitative estimate of drug-likeness (QED) is 0.416. The molecule has 7 nitrogen and oxygen atoms in total. The molecule has 2 saturated heterocycles. The van der Waals surface area contributed by atoms with Crippen molar-refractivity contribution in [2.45, 2.75) is 95.7 Å². The Labute approximate surface area is 190 Å². The second-order valence-corrected chi connectivity index (χ2v) is 8.88. The van der Waals surface area contributed by atoms with E-state index in [0.717, 1.165) is 51.4 Å². The van der Waals surface area contributed by atoms with Crippen LogP contribution in [0.15, 0.2) is 23.9 Å². The van der Waals surface area contributed by atoms with Gasteiger partial charge in [-0.1, -0.05) is 37.8 Å². The Bertz CT molecular complexity index is 756. The average Bonchev–Trinajstić information content (AvgIpc) is 2.81. The van der Waals surface area contributed by atoms with E-state index in [9.17, 15) is 19.2 Å². The molecule has 0 aromatic rings. The van der Waals surface area contributed by atoms with Crippen molar-refractivity contribution in [3.63, 3.8) is 0 Å². The monoisotopic (exact) mass is 445 g/mol. The first-order valence-corrected chi connectivity index (χ1v) is 12.1. The van der Waals surface area contributed by atoms with Crippen LogP contribution in [0, 0.1) is 0 Å². The third-order valence-corrected chi connectivity index (χ3v) is 6.34. The second-order valence-electron chi connectivity index (χ2n) is 8.88. The Hall–Kier alpha value is -2.28. The lowest BCUT2D eigenvalue weighted by molar-refractivity contribution is -0.156. The number of esters is 1. The minimum Gasteiger partial charge on any atom is -0.461 e. The number of carbonyl (C=O) groups is 4. The van der Waals surface area contributed by atoms with Crippen LogP contribution in [0.3, 0.4) is 0 Å². The molecule has 0 unspecified atom stereocenters. The van der Waals surface area contributed by atoms with Crippen molar-refractivity contribution in [3.8, 4) is 0 Å². The maximum absolute atomic E-state index is 13.0. The van der Waals surface area contributed by atoms with E-state index in [0.29, 0.717) is 32.1 Å². The molecule has 1 amide bonds. The van der Waals surface area contributed by atoms with E-state index < -0.39 is 23.8 Å². The highest BCUT2D eigenvalue weighted by Gasteiger charge is 2.36. The number of carbonyl (C=O) groups excluding carboxylic acids is 4. The summed E-state index contributed by atoms with van der Waals surface area (Å²) in [6, 6.07) is 0. The summed E-state index contributed by atoms with van der Waals surface area (Å²) in [5.74, 6) is -1.68. The normalized spacial score (nSPS) is 27.8. The molecular formula is C25H35NO6. The zero-order chi connectivity index (χ0) is 22.8. The molecule has 3 rings (SSSR count). The van der Waals surface area contributed by atoms with Crippen molar-refractivity contribution < 1.29 is 28.7 Å². The zero-order valence-electron chi connectivity index (χ0n) is 18.9. The Kier molecular flexibility index (Phi) is 9.65. The summed E-state index contributed by atoms with van der Waals surface area (Å²) >= 11 is 0. The van der Waals surface area contributed by atoms with E-state index in [4.69, 9.17) is 9.47 Å². The summed E-state index contributed by atoms with van der Waals surface area (Å²) in [6.07, 6.45) is 14.8. The molecule has 2 bridgehead atoms. The fraction of sp³-hybridized carbons (Fsp3) is 0.680. The molecule has 2 atom stereocenters. The van der Waals surface area contributed by atoms with Gasteiger partial charge in [-0.25, -0.2) is 4.79 Å². The highest BCUT2D eigenvalue weighted by Crippen LogP contribution is 2.25. The smallest absolute Gasteiger partial charge is 0.355 e. The van der Waals surface area contributed by atoms with Crippen molar-refractivity contribution in [2.24, 2.45) is 0 Å². The summed E-state index contributed by atoms with van der Waals surface area (Å²) < 4.78 is 11.3. The first-order valence-electron chi connectivity index (χ1n) is 12.1. The van der Waals surface area contributed by atoms with Gasteiger partial charge in [-0.2, -0.15) is 0 Å². The van der Waals surface area contributed by atoms with Crippen molar-refractivity contribution in [1.82, 2.24) is 4.90 Å². The summed E-state index contributed by atoms with van der Waals surface area (Å²) in [6.45, 7) is 0.326. The molecule has 3 heterocycles. The lowest BCUT2D eigenvalue weighted by atomic mass is 9.96. The number of rotatable bonds is 0. The van der Waals surface area contributed by atoms with E-state index in [1.54, 1.807) is 12.2 Å². The summed E-state index contributed by atoms with van der Waals surface area (Å²) in [5, 5.41) is 0. The van der Waals surface area contributed by atoms with Gasteiger partial charge >= 0.3 is 5.97 Å². The lowest BCUT2D eigenvalue weighted by Crippen LogP contribution is -2.46. The molecule has 32 heavy (non-hydrogen) atoms. The van der Waals surface area contributed by atoms with E-state index in [1.807, 2.05) is 0 Å². The van der Waals surface area contributed by atoms with Crippen molar-refractivity contribution in [1.29, 1.82) is 0 Å². The van der Waals surface area contributed by atoms with E-state index >= 15 is 0 Å². The topological polar surface area (TPSA) is 90.0 Å². The first kappa shape index (κ1) is 24.4. The van der Waals surface area contributed by atoms with Gasteiger partial charge < -0.3 is 9.47 Å². The van der Waals surface area contributed by atoms with E-state index in [1.165, 1.54) is 11.0 Å². The third kappa shape index (κ3) is 7.12. The van der Waals surface area contributed by atoms with E-state index in [2.05, 4.69) is 0 Å². The molecule has 3 aliphatic rings. The van der Waals surface area contributed by atoms with Crippen LogP contribution < -0.4 is 0 Å². The van der Waals surface area contributed by atoms with Gasteiger partial charge in [-0.15, -0.1) is 0 Å². The highest BCUT2D eigenvalue weighted by atomic mass is 16.5. The Morgan fingerprint density at radius 3 is 2.38 bits per heavy atom. The fourth-order valence-corrected chi connectivity index (χ4v) is 4.47. The number of hydrogen-bond donors (Lipinski definition) is 0. The third-order valence-electron chi connectivity index (χ3n) is 6.34. The van der Waals surface area contributed by atoms with Crippen LogP contribution in [-0.4, -0.2) is 53.7 Å². The van der Waals surface area contributed by atoms with Crippen LogP contribution in [0.5, 0.6) is 0 Å². The van der Waals surface area contributed by atoms with Gasteiger partial charge in [0.2, 0.25) is 5.78 Å². The number of amides is 1. The van der Waals surface area contributed by atoms with Crippen molar-refractivity contribution in [3.05, 3.63) is 23.9 Å². The maximum Gasteiger partial charge on any atom is 0.355 e. The zero-order valence-corrected chi connectivity index (χ0v) is 18.9. The number of fused-ring (bicyclic) bond motifs is 3. The number of nitrogens with zero attached hydrogens (tertiary/aromatic N) is 1. The summed E-state index contributed by atoms with van der Waals surface area (Å²) in [7, 11) is 0. The molecule has 176 valence electrons. The van der Waals surface area contributed by atoms with Gasteiger partial charge in [0.1, 0.15) is 17.6 Å². The van der Waals surface area contributed by atoms with Gasteiger partial charge in [-0.3, -0.25) is 19.3 Å². The van der Waals surface area contributed by atoms with Crippen LogP contribution in [0.4, 0.5) is 0 Å². The minimum atomic E-state index is -0.746. The number of Topliss-reactive ketones (excluding diaryl/α,β-unsaturated/α-hetero) is 2. The maximum atomic E-state index is 13.0. The van der Waals surface area contributed by atoms with Crippen LogP contribution >= 0.6 is 0 Å². The van der Waals surface area contributed by atoms with Crippen LogP contribution in [-0.2, 0) is 28.7 Å². The van der Waals surface area contributed by atoms with Gasteiger partial charge in [-0.05, 0) is 51.0 Å². The Balaban J connectivity index is 1.66. The first-order chi connectivity index (χ1) is 15.6. The lowest BCUT2D eigenvalue weighted by Gasteiger charge is -2.31. The van der Waals surface area contributed by atoms with E-state index in [-0.39, 0.29) is 30.7 Å². The molecule has 0 saturated carbocycles.